The van der Waals surface area contributed by atoms with Crippen molar-refractivity contribution in [2.45, 2.75) is 51.8 Å². The van der Waals surface area contributed by atoms with Crippen molar-refractivity contribution < 1.29 is 5.11 Å². The molecule has 0 spiro atoms. The maximum atomic E-state index is 9.55. The molecule has 0 amide bonds. The maximum Gasteiger partial charge on any atom is 0.0569 e. The molecule has 1 N–H and O–H groups in total. The molecule has 0 aromatic rings. The van der Waals surface area contributed by atoms with E-state index in [4.69, 9.17) is 0 Å². The first-order valence-corrected chi connectivity index (χ1v) is 5.09. The molecular formula is C11H21NO. The SMILES string of the molecule is C=C(C)CN1C(C)CC(O)CC1C. The van der Waals surface area contributed by atoms with Crippen molar-refractivity contribution in [2.24, 2.45) is 0 Å². The summed E-state index contributed by atoms with van der Waals surface area (Å²) in [5.74, 6) is 0. The van der Waals surface area contributed by atoms with Crippen molar-refractivity contribution in [3.63, 3.8) is 0 Å². The van der Waals surface area contributed by atoms with E-state index < -0.39 is 0 Å². The van der Waals surface area contributed by atoms with E-state index in [2.05, 4.69) is 32.3 Å². The molecular weight excluding hydrogens is 162 g/mol. The van der Waals surface area contributed by atoms with Gasteiger partial charge in [0.25, 0.3) is 0 Å². The fraction of sp³-hybridized carbons (Fsp3) is 0.818. The Hall–Kier alpha value is -0.340. The van der Waals surface area contributed by atoms with Crippen LogP contribution in [0.2, 0.25) is 0 Å². The predicted molar refractivity (Wildman–Crippen MR) is 55.7 cm³/mol. The summed E-state index contributed by atoms with van der Waals surface area (Å²) in [6, 6.07) is 0.964. The highest BCUT2D eigenvalue weighted by Gasteiger charge is 2.29. The van der Waals surface area contributed by atoms with E-state index in [-0.39, 0.29) is 6.10 Å². The van der Waals surface area contributed by atoms with E-state index >= 15 is 0 Å². The Balaban J connectivity index is 2.56. The van der Waals surface area contributed by atoms with E-state index in [1.807, 2.05) is 0 Å². The zero-order valence-corrected chi connectivity index (χ0v) is 8.95. The number of aliphatic hydroxyl groups excluding tert-OH is 1. The molecule has 0 aromatic heterocycles. The van der Waals surface area contributed by atoms with Gasteiger partial charge in [0, 0.05) is 18.6 Å². The smallest absolute Gasteiger partial charge is 0.0569 e. The van der Waals surface area contributed by atoms with Crippen LogP contribution in [0.4, 0.5) is 0 Å². The molecule has 2 unspecified atom stereocenters. The minimum absolute atomic E-state index is 0.105. The van der Waals surface area contributed by atoms with Crippen LogP contribution < -0.4 is 0 Å². The number of likely N-dealkylation sites (tertiary alicyclic amines) is 1. The average molecular weight is 183 g/mol. The minimum Gasteiger partial charge on any atom is -0.393 e. The molecule has 1 fully saturated rings. The molecule has 0 bridgehead atoms. The first-order valence-electron chi connectivity index (χ1n) is 5.09. The van der Waals surface area contributed by atoms with E-state index in [1.165, 1.54) is 5.57 Å². The fourth-order valence-electron chi connectivity index (χ4n) is 2.21. The van der Waals surface area contributed by atoms with Gasteiger partial charge in [0.15, 0.2) is 0 Å². The molecule has 1 aliphatic rings. The van der Waals surface area contributed by atoms with Gasteiger partial charge in [-0.25, -0.2) is 0 Å². The third-order valence-corrected chi connectivity index (χ3v) is 2.81. The lowest BCUT2D eigenvalue weighted by molar-refractivity contribution is 0.0190. The lowest BCUT2D eigenvalue weighted by Crippen LogP contribution is -2.48. The molecule has 0 aliphatic carbocycles. The van der Waals surface area contributed by atoms with Crippen LogP contribution >= 0.6 is 0 Å². The van der Waals surface area contributed by atoms with Crippen molar-refractivity contribution >= 4 is 0 Å². The molecule has 1 heterocycles. The van der Waals surface area contributed by atoms with Gasteiger partial charge in [-0.15, -0.1) is 0 Å². The normalized spacial score (nSPS) is 36.2. The van der Waals surface area contributed by atoms with E-state index in [1.54, 1.807) is 0 Å². The summed E-state index contributed by atoms with van der Waals surface area (Å²) in [4.78, 5) is 2.43. The highest BCUT2D eigenvalue weighted by Crippen LogP contribution is 2.23. The van der Waals surface area contributed by atoms with Gasteiger partial charge in [0.1, 0.15) is 0 Å². The topological polar surface area (TPSA) is 23.5 Å². The highest BCUT2D eigenvalue weighted by atomic mass is 16.3. The number of aliphatic hydroxyl groups is 1. The van der Waals surface area contributed by atoms with Gasteiger partial charge in [0.05, 0.1) is 6.10 Å². The summed E-state index contributed by atoms with van der Waals surface area (Å²) in [7, 11) is 0. The standard InChI is InChI=1S/C11H21NO/c1-8(2)7-12-9(3)5-11(13)6-10(12)4/h9-11,13H,1,5-7H2,2-4H3. The molecule has 76 valence electrons. The van der Waals surface area contributed by atoms with Crippen LogP contribution in [0.5, 0.6) is 0 Å². The lowest BCUT2D eigenvalue weighted by Gasteiger charge is -2.41. The van der Waals surface area contributed by atoms with Gasteiger partial charge in [-0.3, -0.25) is 4.90 Å². The molecule has 1 aliphatic heterocycles. The second-order valence-corrected chi connectivity index (χ2v) is 4.45. The van der Waals surface area contributed by atoms with Crippen molar-refractivity contribution in [3.05, 3.63) is 12.2 Å². The van der Waals surface area contributed by atoms with Gasteiger partial charge in [-0.05, 0) is 33.6 Å². The number of piperidine rings is 1. The first-order chi connectivity index (χ1) is 6.00. The summed E-state index contributed by atoms with van der Waals surface area (Å²) < 4.78 is 0. The molecule has 0 aromatic carbocycles. The van der Waals surface area contributed by atoms with Gasteiger partial charge in [-0.1, -0.05) is 12.2 Å². The van der Waals surface area contributed by atoms with E-state index in [0.29, 0.717) is 12.1 Å². The number of rotatable bonds is 2. The van der Waals surface area contributed by atoms with Crippen LogP contribution in [0.15, 0.2) is 12.2 Å². The molecule has 2 atom stereocenters. The van der Waals surface area contributed by atoms with E-state index in [9.17, 15) is 5.11 Å². The average Bonchev–Trinajstić information content (AvgIpc) is 1.96. The van der Waals surface area contributed by atoms with Crippen molar-refractivity contribution in [3.8, 4) is 0 Å². The largest absolute Gasteiger partial charge is 0.393 e. The molecule has 2 heteroatoms. The molecule has 1 rings (SSSR count). The van der Waals surface area contributed by atoms with Gasteiger partial charge < -0.3 is 5.11 Å². The Labute approximate surface area is 81.2 Å². The molecule has 13 heavy (non-hydrogen) atoms. The van der Waals surface area contributed by atoms with Crippen LogP contribution in [0.25, 0.3) is 0 Å². The first kappa shape index (κ1) is 10.7. The highest BCUT2D eigenvalue weighted by molar-refractivity contribution is 4.96. The molecule has 2 nitrogen and oxygen atoms in total. The third-order valence-electron chi connectivity index (χ3n) is 2.81. The molecule has 0 radical (unpaired) electrons. The van der Waals surface area contributed by atoms with E-state index in [0.717, 1.165) is 19.4 Å². The Kier molecular flexibility index (Phi) is 3.51. The fourth-order valence-corrected chi connectivity index (χ4v) is 2.21. The van der Waals surface area contributed by atoms with Crippen molar-refractivity contribution in [2.75, 3.05) is 6.54 Å². The monoisotopic (exact) mass is 183 g/mol. The summed E-state index contributed by atoms with van der Waals surface area (Å²) in [5, 5.41) is 9.55. The number of hydrogen-bond donors (Lipinski definition) is 1. The zero-order chi connectivity index (χ0) is 10.0. The van der Waals surface area contributed by atoms with Crippen LogP contribution in [0.1, 0.15) is 33.6 Å². The van der Waals surface area contributed by atoms with Crippen molar-refractivity contribution in [1.82, 2.24) is 4.90 Å². The Morgan fingerprint density at radius 1 is 1.38 bits per heavy atom. The quantitative estimate of drug-likeness (QED) is 0.660. The predicted octanol–water partition coefficient (Wildman–Crippen LogP) is 1.80. The summed E-state index contributed by atoms with van der Waals surface area (Å²) in [5.41, 5.74) is 1.20. The number of nitrogens with zero attached hydrogens (tertiary/aromatic N) is 1. The third kappa shape index (κ3) is 2.82. The second kappa shape index (κ2) is 4.25. The Morgan fingerprint density at radius 3 is 2.23 bits per heavy atom. The van der Waals surface area contributed by atoms with Gasteiger partial charge in [-0.2, -0.15) is 0 Å². The molecule has 1 saturated heterocycles. The zero-order valence-electron chi connectivity index (χ0n) is 8.95. The number of hydrogen-bond acceptors (Lipinski definition) is 2. The Bertz CT molecular complexity index is 179. The van der Waals surface area contributed by atoms with Crippen molar-refractivity contribution in [1.29, 1.82) is 0 Å². The Morgan fingerprint density at radius 2 is 1.85 bits per heavy atom. The van der Waals surface area contributed by atoms with Crippen LogP contribution in [-0.4, -0.2) is 34.7 Å². The second-order valence-electron chi connectivity index (χ2n) is 4.45. The summed E-state index contributed by atoms with van der Waals surface area (Å²) >= 11 is 0. The lowest BCUT2D eigenvalue weighted by atomic mass is 9.94. The minimum atomic E-state index is -0.105. The molecule has 0 saturated carbocycles. The summed E-state index contributed by atoms with van der Waals surface area (Å²) in [6.45, 7) is 11.3. The van der Waals surface area contributed by atoms with Crippen LogP contribution in [0, 0.1) is 0 Å². The van der Waals surface area contributed by atoms with Gasteiger partial charge >= 0.3 is 0 Å². The van der Waals surface area contributed by atoms with Crippen LogP contribution in [0.3, 0.4) is 0 Å². The van der Waals surface area contributed by atoms with Crippen LogP contribution in [-0.2, 0) is 0 Å². The maximum absolute atomic E-state index is 9.55. The summed E-state index contributed by atoms with van der Waals surface area (Å²) in [6.07, 6.45) is 1.70. The van der Waals surface area contributed by atoms with Gasteiger partial charge in [0.2, 0.25) is 0 Å².